The molecule has 1 N–H and O–H groups in total. The fourth-order valence-electron chi connectivity index (χ4n) is 3.40. The zero-order valence-corrected chi connectivity index (χ0v) is 14.2. The second-order valence-electron chi connectivity index (χ2n) is 6.21. The molecule has 4 nitrogen and oxygen atoms in total. The topological polar surface area (TPSA) is 51.2 Å². The lowest BCUT2D eigenvalue weighted by Crippen LogP contribution is -2.04. The fraction of sp³-hybridized carbons (Fsp3) is 0.238. The molecule has 0 fully saturated rings. The largest absolute Gasteiger partial charge is 0.462 e. The molecule has 0 amide bonds. The van der Waals surface area contributed by atoms with Crippen LogP contribution in [0.2, 0.25) is 0 Å². The Morgan fingerprint density at radius 2 is 1.92 bits per heavy atom. The minimum Gasteiger partial charge on any atom is -0.462 e. The van der Waals surface area contributed by atoms with E-state index in [0.717, 1.165) is 41.5 Å². The predicted molar refractivity (Wildman–Crippen MR) is 99.4 cm³/mol. The van der Waals surface area contributed by atoms with E-state index in [-0.39, 0.29) is 5.97 Å². The van der Waals surface area contributed by atoms with Gasteiger partial charge in [-0.2, -0.15) is 0 Å². The summed E-state index contributed by atoms with van der Waals surface area (Å²) < 4.78 is 5.04. The van der Waals surface area contributed by atoms with E-state index in [1.807, 2.05) is 31.2 Å². The molecule has 1 aromatic heterocycles. The Balaban J connectivity index is 1.70. The molecule has 2 aromatic carbocycles. The lowest BCUT2D eigenvalue weighted by molar-refractivity contribution is 0.0526. The molecule has 0 saturated heterocycles. The first kappa shape index (κ1) is 15.6. The minimum atomic E-state index is -0.288. The van der Waals surface area contributed by atoms with E-state index in [9.17, 15) is 4.79 Å². The van der Waals surface area contributed by atoms with Crippen molar-refractivity contribution in [2.75, 3.05) is 11.9 Å². The molecule has 4 heteroatoms. The van der Waals surface area contributed by atoms with Crippen LogP contribution in [-0.2, 0) is 17.6 Å². The van der Waals surface area contributed by atoms with E-state index in [1.54, 1.807) is 12.1 Å². The molecule has 4 rings (SSSR count). The van der Waals surface area contributed by atoms with Gasteiger partial charge in [0.05, 0.1) is 23.4 Å². The number of pyridine rings is 1. The van der Waals surface area contributed by atoms with Crippen LogP contribution in [0.15, 0.2) is 48.5 Å². The Kier molecular flexibility index (Phi) is 4.10. The number of carbonyl (C=O) groups is 1. The van der Waals surface area contributed by atoms with Gasteiger partial charge in [0.2, 0.25) is 0 Å². The van der Waals surface area contributed by atoms with Gasteiger partial charge in [0, 0.05) is 16.8 Å². The fourth-order valence-corrected chi connectivity index (χ4v) is 3.40. The number of esters is 1. The molecule has 0 saturated carbocycles. The van der Waals surface area contributed by atoms with Gasteiger partial charge < -0.3 is 10.1 Å². The molecule has 1 aliphatic carbocycles. The monoisotopic (exact) mass is 332 g/mol. The van der Waals surface area contributed by atoms with E-state index in [2.05, 4.69) is 17.4 Å². The minimum absolute atomic E-state index is 0.288. The van der Waals surface area contributed by atoms with E-state index >= 15 is 0 Å². The second kappa shape index (κ2) is 6.55. The van der Waals surface area contributed by atoms with Gasteiger partial charge in [0.15, 0.2) is 0 Å². The number of anilines is 2. The van der Waals surface area contributed by atoms with Crippen molar-refractivity contribution in [2.24, 2.45) is 0 Å². The van der Waals surface area contributed by atoms with Gasteiger partial charge in [-0.05, 0) is 62.1 Å². The summed E-state index contributed by atoms with van der Waals surface area (Å²) in [5.41, 5.74) is 6.20. The van der Waals surface area contributed by atoms with Crippen LogP contribution in [0.5, 0.6) is 0 Å². The summed E-state index contributed by atoms with van der Waals surface area (Å²) in [4.78, 5) is 16.6. The molecule has 0 bridgehead atoms. The highest BCUT2D eigenvalue weighted by atomic mass is 16.5. The molecule has 126 valence electrons. The third kappa shape index (κ3) is 2.95. The molecule has 0 atom stereocenters. The Morgan fingerprint density at radius 3 is 2.72 bits per heavy atom. The number of ether oxygens (including phenoxy) is 1. The van der Waals surface area contributed by atoms with E-state index in [1.165, 1.54) is 11.3 Å². The quantitative estimate of drug-likeness (QED) is 0.707. The molecule has 25 heavy (non-hydrogen) atoms. The van der Waals surface area contributed by atoms with Gasteiger partial charge in [-0.25, -0.2) is 4.79 Å². The van der Waals surface area contributed by atoms with Crippen LogP contribution in [-0.4, -0.2) is 17.6 Å². The standard InChI is InChI=1S/C21H20N2O2/c1-2-25-21(24)14-10-12-15(13-11-14)22-20-16-6-3-4-8-18(16)23-19-9-5-7-17(19)20/h3-4,6,8,10-13H,2,5,7,9H2,1H3,(H,22,23). The normalized spacial score (nSPS) is 12.8. The van der Waals surface area contributed by atoms with Crippen molar-refractivity contribution in [3.8, 4) is 0 Å². The average molecular weight is 332 g/mol. The number of nitrogens with zero attached hydrogens (tertiary/aromatic N) is 1. The maximum absolute atomic E-state index is 11.8. The van der Waals surface area contributed by atoms with E-state index < -0.39 is 0 Å². The number of aryl methyl sites for hydroxylation is 1. The smallest absolute Gasteiger partial charge is 0.338 e. The number of rotatable bonds is 4. The van der Waals surface area contributed by atoms with Crippen LogP contribution in [0.4, 0.5) is 11.4 Å². The summed E-state index contributed by atoms with van der Waals surface area (Å²) in [7, 11) is 0. The first-order chi connectivity index (χ1) is 12.3. The first-order valence-corrected chi connectivity index (χ1v) is 8.71. The second-order valence-corrected chi connectivity index (χ2v) is 6.21. The van der Waals surface area contributed by atoms with Crippen LogP contribution in [0.3, 0.4) is 0 Å². The van der Waals surface area contributed by atoms with Crippen LogP contribution < -0.4 is 5.32 Å². The summed E-state index contributed by atoms with van der Waals surface area (Å²) in [5.74, 6) is -0.288. The first-order valence-electron chi connectivity index (χ1n) is 8.71. The van der Waals surface area contributed by atoms with E-state index in [0.29, 0.717) is 12.2 Å². The lowest BCUT2D eigenvalue weighted by atomic mass is 10.1. The summed E-state index contributed by atoms with van der Waals surface area (Å²) in [6, 6.07) is 15.7. The zero-order valence-electron chi connectivity index (χ0n) is 14.2. The van der Waals surface area contributed by atoms with Crippen molar-refractivity contribution < 1.29 is 9.53 Å². The number of carbonyl (C=O) groups excluding carboxylic acids is 1. The number of benzene rings is 2. The molecule has 1 heterocycles. The Bertz CT molecular complexity index is 933. The molecule has 1 aliphatic rings. The molecule has 0 spiro atoms. The molecule has 3 aromatic rings. The van der Waals surface area contributed by atoms with Crippen molar-refractivity contribution in [3.63, 3.8) is 0 Å². The SMILES string of the molecule is CCOC(=O)c1ccc(Nc2c3c(nc4ccccc24)CCC3)cc1. The summed E-state index contributed by atoms with van der Waals surface area (Å²) in [5, 5.41) is 4.69. The van der Waals surface area contributed by atoms with E-state index in [4.69, 9.17) is 9.72 Å². The maximum atomic E-state index is 11.8. The van der Waals surface area contributed by atoms with Crippen LogP contribution in [0.25, 0.3) is 10.9 Å². The summed E-state index contributed by atoms with van der Waals surface area (Å²) in [6.45, 7) is 2.19. The van der Waals surface area contributed by atoms with Crippen molar-refractivity contribution in [3.05, 3.63) is 65.4 Å². The molecule has 0 aliphatic heterocycles. The number of hydrogen-bond donors (Lipinski definition) is 1. The highest BCUT2D eigenvalue weighted by Crippen LogP contribution is 2.35. The van der Waals surface area contributed by atoms with Crippen LogP contribution >= 0.6 is 0 Å². The van der Waals surface area contributed by atoms with Gasteiger partial charge in [-0.1, -0.05) is 18.2 Å². The number of nitrogens with one attached hydrogen (secondary N) is 1. The Morgan fingerprint density at radius 1 is 1.12 bits per heavy atom. The maximum Gasteiger partial charge on any atom is 0.338 e. The van der Waals surface area contributed by atoms with Crippen LogP contribution in [0, 0.1) is 0 Å². The van der Waals surface area contributed by atoms with Crippen molar-refractivity contribution in [1.29, 1.82) is 0 Å². The molecular formula is C21H20N2O2. The lowest BCUT2D eigenvalue weighted by Gasteiger charge is -2.15. The zero-order chi connectivity index (χ0) is 17.2. The predicted octanol–water partition coefficient (Wildman–Crippen LogP) is 4.64. The van der Waals surface area contributed by atoms with Gasteiger partial charge in [-0.15, -0.1) is 0 Å². The number of fused-ring (bicyclic) bond motifs is 2. The van der Waals surface area contributed by atoms with Crippen molar-refractivity contribution in [2.45, 2.75) is 26.2 Å². The Hall–Kier alpha value is -2.88. The summed E-state index contributed by atoms with van der Waals surface area (Å²) in [6.07, 6.45) is 3.24. The number of para-hydroxylation sites is 1. The van der Waals surface area contributed by atoms with Gasteiger partial charge in [-0.3, -0.25) is 4.98 Å². The number of aromatic nitrogens is 1. The molecular weight excluding hydrogens is 312 g/mol. The third-order valence-electron chi connectivity index (χ3n) is 4.58. The molecule has 0 unspecified atom stereocenters. The molecule has 0 radical (unpaired) electrons. The third-order valence-corrected chi connectivity index (χ3v) is 4.58. The highest BCUT2D eigenvalue weighted by molar-refractivity contribution is 5.96. The van der Waals surface area contributed by atoms with Gasteiger partial charge >= 0.3 is 5.97 Å². The highest BCUT2D eigenvalue weighted by Gasteiger charge is 2.19. The van der Waals surface area contributed by atoms with Crippen molar-refractivity contribution in [1.82, 2.24) is 4.98 Å². The number of hydrogen-bond acceptors (Lipinski definition) is 4. The van der Waals surface area contributed by atoms with Gasteiger partial charge in [0.1, 0.15) is 0 Å². The van der Waals surface area contributed by atoms with Crippen LogP contribution in [0.1, 0.15) is 35.0 Å². The summed E-state index contributed by atoms with van der Waals surface area (Å²) >= 11 is 0. The Labute approximate surface area is 146 Å². The van der Waals surface area contributed by atoms with Crippen molar-refractivity contribution >= 4 is 28.2 Å². The average Bonchev–Trinajstić information content (AvgIpc) is 3.10. The van der Waals surface area contributed by atoms with Gasteiger partial charge in [0.25, 0.3) is 0 Å².